The van der Waals surface area contributed by atoms with Crippen molar-refractivity contribution in [3.05, 3.63) is 41.5 Å². The molecule has 0 radical (unpaired) electrons. The van der Waals surface area contributed by atoms with Gasteiger partial charge in [0.1, 0.15) is 11.5 Å². The van der Waals surface area contributed by atoms with Crippen LogP contribution in [0.2, 0.25) is 0 Å². The Hall–Kier alpha value is -1.87. The molecule has 3 unspecified atom stereocenters. The zero-order valence-electron chi connectivity index (χ0n) is 12.5. The number of rotatable bonds is 0. The smallest absolute Gasteiger partial charge is 0.140 e. The lowest BCUT2D eigenvalue weighted by Gasteiger charge is -2.42. The van der Waals surface area contributed by atoms with Gasteiger partial charge in [-0.3, -0.25) is 4.79 Å². The maximum Gasteiger partial charge on any atom is 0.140 e. The molecule has 0 bridgehead atoms. The number of carbonyl (C=O) groups is 1. The van der Waals surface area contributed by atoms with Crippen molar-refractivity contribution >= 4 is 16.6 Å². The van der Waals surface area contributed by atoms with Crippen molar-refractivity contribution in [2.24, 2.45) is 11.3 Å². The average molecular weight is 294 g/mol. The second-order valence-electron chi connectivity index (χ2n) is 7.48. The van der Waals surface area contributed by atoms with Crippen LogP contribution in [0.1, 0.15) is 43.4 Å². The average Bonchev–Trinajstić information content (AvgIpc) is 3.14. The Balaban J connectivity index is 1.85. The van der Waals surface area contributed by atoms with E-state index in [4.69, 9.17) is 0 Å². The molecular weight excluding hydrogens is 276 g/mol. The van der Waals surface area contributed by atoms with Gasteiger partial charge in [-0.2, -0.15) is 0 Å². The number of fused-ring (bicyclic) bond motifs is 3. The van der Waals surface area contributed by atoms with Crippen molar-refractivity contribution in [2.75, 3.05) is 0 Å². The number of Topliss-reactive ketones (excluding diaryl/α,β-unsaturated/α-hetero) is 1. The quantitative estimate of drug-likeness (QED) is 0.784. The Morgan fingerprint density at radius 3 is 2.82 bits per heavy atom. The first-order valence-electron chi connectivity index (χ1n) is 7.95. The summed E-state index contributed by atoms with van der Waals surface area (Å²) in [6, 6.07) is 9.39. The van der Waals surface area contributed by atoms with Gasteiger partial charge in [0.15, 0.2) is 0 Å². The van der Waals surface area contributed by atoms with Crippen LogP contribution < -0.4 is 0 Å². The van der Waals surface area contributed by atoms with E-state index in [9.17, 15) is 15.0 Å². The van der Waals surface area contributed by atoms with Crippen LogP contribution in [0.25, 0.3) is 10.8 Å². The van der Waals surface area contributed by atoms with Crippen LogP contribution in [0, 0.1) is 11.3 Å². The molecule has 2 N–H and O–H groups in total. The number of aliphatic hydroxyl groups excluding tert-OH is 1. The molecule has 1 spiro atoms. The molecule has 3 aliphatic rings. The number of benzene rings is 2. The third-order valence-corrected chi connectivity index (χ3v) is 6.60. The first-order chi connectivity index (χ1) is 10.5. The summed E-state index contributed by atoms with van der Waals surface area (Å²) in [7, 11) is 0. The van der Waals surface area contributed by atoms with E-state index in [2.05, 4.69) is 13.0 Å². The number of carbonyl (C=O) groups excluding carboxylic acids is 1. The van der Waals surface area contributed by atoms with Crippen molar-refractivity contribution in [1.29, 1.82) is 0 Å². The number of aromatic hydroxyl groups is 1. The highest BCUT2D eigenvalue weighted by Crippen LogP contribution is 2.75. The summed E-state index contributed by atoms with van der Waals surface area (Å²) in [4.78, 5) is 12.5. The minimum absolute atomic E-state index is 0.0509. The van der Waals surface area contributed by atoms with Gasteiger partial charge in [-0.05, 0) is 52.8 Å². The van der Waals surface area contributed by atoms with Gasteiger partial charge in [0.2, 0.25) is 0 Å². The van der Waals surface area contributed by atoms with Crippen LogP contribution in [-0.4, -0.2) is 16.0 Å². The topological polar surface area (TPSA) is 57.5 Å². The molecule has 2 aromatic rings. The van der Waals surface area contributed by atoms with Gasteiger partial charge in [0, 0.05) is 17.3 Å². The predicted octanol–water partition coefficient (Wildman–Crippen LogP) is 3.22. The third-order valence-electron chi connectivity index (χ3n) is 6.60. The van der Waals surface area contributed by atoms with Gasteiger partial charge in [-0.25, -0.2) is 0 Å². The molecule has 5 rings (SSSR count). The number of phenols is 1. The minimum atomic E-state index is -0.609. The molecular formula is C19H18O3. The molecule has 0 heterocycles. The second-order valence-corrected chi connectivity index (χ2v) is 7.48. The molecule has 0 saturated heterocycles. The summed E-state index contributed by atoms with van der Waals surface area (Å²) in [6.45, 7) is 2.05. The molecule has 22 heavy (non-hydrogen) atoms. The summed E-state index contributed by atoms with van der Waals surface area (Å²) < 4.78 is 0. The van der Waals surface area contributed by atoms with Crippen molar-refractivity contribution < 1.29 is 15.0 Å². The normalized spacial score (nSPS) is 38.5. The molecule has 4 atom stereocenters. The number of aliphatic hydroxyl groups is 1. The Labute approximate surface area is 128 Å². The molecule has 2 fully saturated rings. The standard InChI is InChI=1S/C19H18O3/c1-18-9-15(21)17-13-4-3-12(20)6-10(13)2-5-14(17)19(18)8-11(19)7-16(18)22/h2-6,11,15,20-21H,7-9H2,1H3/t11?,15?,18-,19?/m1/s1. The van der Waals surface area contributed by atoms with Crippen molar-refractivity contribution in [2.45, 2.75) is 37.7 Å². The molecule has 3 aliphatic carbocycles. The lowest BCUT2D eigenvalue weighted by atomic mass is 9.61. The maximum absolute atomic E-state index is 12.5. The van der Waals surface area contributed by atoms with Crippen LogP contribution in [0.5, 0.6) is 5.75 Å². The largest absolute Gasteiger partial charge is 0.508 e. The fraction of sp³-hybridized carbons (Fsp3) is 0.421. The molecule has 0 amide bonds. The minimum Gasteiger partial charge on any atom is -0.508 e. The fourth-order valence-corrected chi connectivity index (χ4v) is 5.45. The first kappa shape index (κ1) is 12.7. The van der Waals surface area contributed by atoms with E-state index >= 15 is 0 Å². The Morgan fingerprint density at radius 1 is 1.18 bits per heavy atom. The Kier molecular flexibility index (Phi) is 2.04. The SMILES string of the molecule is C[C@]12CC(O)c3c(ccc4cc(O)ccc34)C13CC3CC2=O. The van der Waals surface area contributed by atoms with Crippen LogP contribution in [-0.2, 0) is 10.2 Å². The molecule has 0 aromatic heterocycles. The van der Waals surface area contributed by atoms with Gasteiger partial charge in [0.05, 0.1) is 6.10 Å². The van der Waals surface area contributed by atoms with E-state index in [-0.39, 0.29) is 11.2 Å². The lowest BCUT2D eigenvalue weighted by Crippen LogP contribution is -2.42. The molecule has 3 heteroatoms. The molecule has 2 aromatic carbocycles. The van der Waals surface area contributed by atoms with Crippen LogP contribution >= 0.6 is 0 Å². The van der Waals surface area contributed by atoms with E-state index in [0.29, 0.717) is 24.5 Å². The Bertz CT molecular complexity index is 855. The molecule has 112 valence electrons. The van der Waals surface area contributed by atoms with Gasteiger partial charge >= 0.3 is 0 Å². The maximum atomic E-state index is 12.5. The number of phenolic OH excluding ortho intramolecular Hbond substituents is 1. The summed E-state index contributed by atoms with van der Waals surface area (Å²) in [6.07, 6.45) is 1.65. The van der Waals surface area contributed by atoms with E-state index in [1.54, 1.807) is 12.1 Å². The highest BCUT2D eigenvalue weighted by Gasteiger charge is 2.75. The summed E-state index contributed by atoms with van der Waals surface area (Å²) in [5.41, 5.74) is 1.69. The van der Waals surface area contributed by atoms with Crippen LogP contribution in [0.4, 0.5) is 0 Å². The van der Waals surface area contributed by atoms with E-state index in [1.807, 2.05) is 12.1 Å². The van der Waals surface area contributed by atoms with E-state index in [1.165, 1.54) is 5.56 Å². The molecule has 3 nitrogen and oxygen atoms in total. The van der Waals surface area contributed by atoms with Crippen molar-refractivity contribution in [3.63, 3.8) is 0 Å². The zero-order valence-corrected chi connectivity index (χ0v) is 12.5. The number of hydrogen-bond donors (Lipinski definition) is 2. The summed E-state index contributed by atoms with van der Waals surface area (Å²) >= 11 is 0. The van der Waals surface area contributed by atoms with E-state index < -0.39 is 11.5 Å². The lowest BCUT2D eigenvalue weighted by molar-refractivity contribution is -0.129. The number of hydrogen-bond acceptors (Lipinski definition) is 3. The Morgan fingerprint density at radius 2 is 2.00 bits per heavy atom. The van der Waals surface area contributed by atoms with Crippen molar-refractivity contribution in [3.8, 4) is 5.75 Å². The molecule has 0 aliphatic heterocycles. The monoisotopic (exact) mass is 294 g/mol. The van der Waals surface area contributed by atoms with Crippen LogP contribution in [0.15, 0.2) is 30.3 Å². The highest BCUT2D eigenvalue weighted by atomic mass is 16.3. The third kappa shape index (κ3) is 1.18. The van der Waals surface area contributed by atoms with Gasteiger partial charge in [-0.15, -0.1) is 0 Å². The fourth-order valence-electron chi connectivity index (χ4n) is 5.45. The van der Waals surface area contributed by atoms with Gasteiger partial charge in [-0.1, -0.05) is 25.1 Å². The zero-order chi connectivity index (χ0) is 15.3. The van der Waals surface area contributed by atoms with Crippen molar-refractivity contribution in [1.82, 2.24) is 0 Å². The predicted molar refractivity (Wildman–Crippen MR) is 82.7 cm³/mol. The van der Waals surface area contributed by atoms with Crippen LogP contribution in [0.3, 0.4) is 0 Å². The summed E-state index contributed by atoms with van der Waals surface area (Å²) in [5.74, 6) is 1.01. The first-order valence-corrected chi connectivity index (χ1v) is 7.95. The van der Waals surface area contributed by atoms with Gasteiger partial charge in [0.25, 0.3) is 0 Å². The van der Waals surface area contributed by atoms with Gasteiger partial charge < -0.3 is 10.2 Å². The second kappa shape index (κ2) is 3.54. The molecule has 2 saturated carbocycles. The van der Waals surface area contributed by atoms with E-state index in [0.717, 1.165) is 22.8 Å². The number of ketones is 1. The highest BCUT2D eigenvalue weighted by molar-refractivity contribution is 5.95. The summed E-state index contributed by atoms with van der Waals surface area (Å²) in [5, 5.41) is 22.4.